The molecule has 0 radical (unpaired) electrons. The van der Waals surface area contributed by atoms with Gasteiger partial charge in [-0.05, 0) is 18.6 Å². The number of nitrogens with zero attached hydrogens (tertiary/aromatic N) is 5. The molecule has 1 fully saturated rings. The Morgan fingerprint density at radius 2 is 2.07 bits per heavy atom. The van der Waals surface area contributed by atoms with Gasteiger partial charge in [-0.1, -0.05) is 0 Å². The van der Waals surface area contributed by atoms with Crippen LogP contribution in [-0.4, -0.2) is 56.7 Å². The first-order valence-corrected chi connectivity index (χ1v) is 10.3. The quantitative estimate of drug-likeness (QED) is 0.654. The van der Waals surface area contributed by atoms with Gasteiger partial charge in [0.2, 0.25) is 0 Å². The molecule has 29 heavy (non-hydrogen) atoms. The van der Waals surface area contributed by atoms with Gasteiger partial charge in [-0.25, -0.2) is 13.8 Å². The Kier molecular flexibility index (Phi) is 5.68. The molecule has 1 saturated heterocycles. The largest absolute Gasteiger partial charge is 0.337 e. The third-order valence-corrected chi connectivity index (χ3v) is 5.63. The maximum Gasteiger partial charge on any atom is 0.257 e. The maximum absolute atomic E-state index is 14.3. The molecule has 3 aromatic rings. The lowest BCUT2D eigenvalue weighted by Crippen LogP contribution is -2.35. The fourth-order valence-electron chi connectivity index (χ4n) is 3.57. The van der Waals surface area contributed by atoms with Crippen LogP contribution in [0.15, 0.2) is 35.3 Å². The number of benzene rings is 1. The topological polar surface area (TPSA) is 54.3 Å². The van der Waals surface area contributed by atoms with Crippen LogP contribution in [0.2, 0.25) is 0 Å². The second-order valence-corrected chi connectivity index (χ2v) is 7.81. The predicted octanol–water partition coefficient (Wildman–Crippen LogP) is 3.17. The molecule has 0 unspecified atom stereocenters. The number of carbonyl (C=O) groups excluding carboxylic acids is 1. The summed E-state index contributed by atoms with van der Waals surface area (Å²) < 4.78 is 29.1. The van der Waals surface area contributed by atoms with Gasteiger partial charge in [0.15, 0.2) is 0 Å². The Morgan fingerprint density at radius 3 is 2.83 bits per heavy atom. The van der Waals surface area contributed by atoms with Gasteiger partial charge in [-0.2, -0.15) is 5.10 Å². The van der Waals surface area contributed by atoms with Crippen LogP contribution in [0.3, 0.4) is 0 Å². The number of carbonyl (C=O) groups is 1. The van der Waals surface area contributed by atoms with Crippen molar-refractivity contribution in [3.05, 3.63) is 58.2 Å². The zero-order valence-corrected chi connectivity index (χ0v) is 16.8. The highest BCUT2D eigenvalue weighted by Gasteiger charge is 2.26. The highest BCUT2D eigenvalue weighted by Crippen LogP contribution is 2.27. The molecule has 1 aromatic carbocycles. The zero-order valence-electron chi connectivity index (χ0n) is 16.0. The number of aryl methyl sites for hydroxylation is 1. The monoisotopic (exact) mass is 417 g/mol. The molecule has 4 rings (SSSR count). The molecule has 1 aliphatic heterocycles. The third kappa shape index (κ3) is 4.35. The molecule has 0 atom stereocenters. The molecule has 9 heteroatoms. The minimum atomic E-state index is -0.733. The van der Waals surface area contributed by atoms with E-state index in [1.54, 1.807) is 29.5 Å². The van der Waals surface area contributed by atoms with Crippen molar-refractivity contribution in [3.63, 3.8) is 0 Å². The van der Waals surface area contributed by atoms with E-state index in [1.165, 1.54) is 16.8 Å². The van der Waals surface area contributed by atoms with Crippen LogP contribution in [0.4, 0.5) is 8.78 Å². The third-order valence-electron chi connectivity index (χ3n) is 4.99. The van der Waals surface area contributed by atoms with Gasteiger partial charge >= 0.3 is 0 Å². The molecule has 152 valence electrons. The number of halogens is 2. The Labute approximate surface area is 171 Å². The Morgan fingerprint density at radius 1 is 1.21 bits per heavy atom. The number of hydrogen-bond donors (Lipinski definition) is 0. The van der Waals surface area contributed by atoms with Gasteiger partial charge < -0.3 is 4.90 Å². The number of amides is 1. The fourth-order valence-corrected chi connectivity index (χ4v) is 4.12. The lowest BCUT2D eigenvalue weighted by atomic mass is 10.1. The van der Waals surface area contributed by atoms with E-state index in [0.717, 1.165) is 37.8 Å². The standard InChI is InChI=1S/C20H21F2N5OS/c1-25-11-17(19(24-25)16-4-3-14(21)9-18(16)22)20(28)27-6-2-5-26(7-8-27)10-15-12-29-13-23-15/h3-4,9,11-13H,2,5-8,10H2,1H3. The summed E-state index contributed by atoms with van der Waals surface area (Å²) in [6.07, 6.45) is 2.44. The van der Waals surface area contributed by atoms with Crippen molar-refractivity contribution >= 4 is 17.2 Å². The van der Waals surface area contributed by atoms with Crippen LogP contribution in [0.5, 0.6) is 0 Å². The van der Waals surface area contributed by atoms with Gasteiger partial charge in [0.05, 0.1) is 16.8 Å². The maximum atomic E-state index is 14.3. The molecule has 0 spiro atoms. The summed E-state index contributed by atoms with van der Waals surface area (Å²) in [4.78, 5) is 21.6. The minimum Gasteiger partial charge on any atom is -0.337 e. The lowest BCUT2D eigenvalue weighted by Gasteiger charge is -2.21. The highest BCUT2D eigenvalue weighted by molar-refractivity contribution is 7.07. The molecule has 0 aliphatic carbocycles. The molecule has 1 amide bonds. The van der Waals surface area contributed by atoms with Crippen molar-refractivity contribution in [2.24, 2.45) is 7.05 Å². The molecule has 0 bridgehead atoms. The number of rotatable bonds is 4. The smallest absolute Gasteiger partial charge is 0.257 e. The Balaban J connectivity index is 1.52. The van der Waals surface area contributed by atoms with Crippen molar-refractivity contribution < 1.29 is 13.6 Å². The van der Waals surface area contributed by atoms with Gasteiger partial charge in [0.1, 0.15) is 17.3 Å². The van der Waals surface area contributed by atoms with Crippen molar-refractivity contribution in [1.82, 2.24) is 24.6 Å². The van der Waals surface area contributed by atoms with E-state index in [1.807, 2.05) is 10.9 Å². The molecule has 6 nitrogen and oxygen atoms in total. The van der Waals surface area contributed by atoms with Gasteiger partial charge in [0, 0.05) is 63.0 Å². The molecule has 1 aliphatic rings. The minimum absolute atomic E-state index is 0.121. The first-order valence-electron chi connectivity index (χ1n) is 9.39. The van der Waals surface area contributed by atoms with Gasteiger partial charge in [0.25, 0.3) is 5.91 Å². The number of thiazole rings is 1. The lowest BCUT2D eigenvalue weighted by molar-refractivity contribution is 0.0761. The van der Waals surface area contributed by atoms with E-state index < -0.39 is 11.6 Å². The van der Waals surface area contributed by atoms with Crippen LogP contribution in [0.1, 0.15) is 22.5 Å². The van der Waals surface area contributed by atoms with Crippen LogP contribution in [-0.2, 0) is 13.6 Å². The van der Waals surface area contributed by atoms with E-state index in [9.17, 15) is 13.6 Å². The van der Waals surface area contributed by atoms with E-state index in [0.29, 0.717) is 18.7 Å². The van der Waals surface area contributed by atoms with Crippen LogP contribution >= 0.6 is 11.3 Å². The van der Waals surface area contributed by atoms with E-state index in [4.69, 9.17) is 0 Å². The molecule has 0 saturated carbocycles. The molecule has 2 aromatic heterocycles. The van der Waals surface area contributed by atoms with Crippen molar-refractivity contribution in [3.8, 4) is 11.3 Å². The summed E-state index contributed by atoms with van der Waals surface area (Å²) in [5.41, 5.74) is 3.54. The first kappa shape index (κ1) is 19.7. The zero-order chi connectivity index (χ0) is 20.4. The summed E-state index contributed by atoms with van der Waals surface area (Å²) in [6, 6.07) is 3.30. The van der Waals surface area contributed by atoms with Crippen molar-refractivity contribution in [2.75, 3.05) is 26.2 Å². The summed E-state index contributed by atoms with van der Waals surface area (Å²) in [6.45, 7) is 3.58. The van der Waals surface area contributed by atoms with Crippen LogP contribution < -0.4 is 0 Å². The first-order chi connectivity index (χ1) is 14.0. The van der Waals surface area contributed by atoms with E-state index in [-0.39, 0.29) is 17.2 Å². The normalized spacial score (nSPS) is 15.5. The van der Waals surface area contributed by atoms with Crippen LogP contribution in [0.25, 0.3) is 11.3 Å². The molecule has 0 N–H and O–H groups in total. The second-order valence-electron chi connectivity index (χ2n) is 7.09. The van der Waals surface area contributed by atoms with Gasteiger partial charge in [-0.15, -0.1) is 11.3 Å². The summed E-state index contributed by atoms with van der Waals surface area (Å²) in [5.74, 6) is -1.59. The number of hydrogen-bond acceptors (Lipinski definition) is 5. The summed E-state index contributed by atoms with van der Waals surface area (Å²) in [7, 11) is 1.68. The second kappa shape index (κ2) is 8.38. The van der Waals surface area contributed by atoms with Crippen molar-refractivity contribution in [1.29, 1.82) is 0 Å². The SMILES string of the molecule is Cn1cc(C(=O)N2CCCN(Cc3cscn3)CC2)c(-c2ccc(F)cc2F)n1. The molecular weight excluding hydrogens is 396 g/mol. The molecule has 3 heterocycles. The van der Waals surface area contributed by atoms with Crippen LogP contribution in [0, 0.1) is 11.6 Å². The fraction of sp³-hybridized carbons (Fsp3) is 0.350. The predicted molar refractivity (Wildman–Crippen MR) is 106 cm³/mol. The van der Waals surface area contributed by atoms with Gasteiger partial charge in [-0.3, -0.25) is 14.4 Å². The summed E-state index contributed by atoms with van der Waals surface area (Å²) >= 11 is 1.57. The highest BCUT2D eigenvalue weighted by atomic mass is 32.1. The van der Waals surface area contributed by atoms with Crippen molar-refractivity contribution in [2.45, 2.75) is 13.0 Å². The summed E-state index contributed by atoms with van der Waals surface area (Å²) in [5, 5.41) is 6.30. The van der Waals surface area contributed by atoms with E-state index >= 15 is 0 Å². The molecular formula is C20H21F2N5OS. The number of aromatic nitrogens is 3. The average molecular weight is 417 g/mol. The Hall–Kier alpha value is -2.65. The van der Waals surface area contributed by atoms with E-state index in [2.05, 4.69) is 15.0 Å². The average Bonchev–Trinajstić information content (AvgIpc) is 3.26. The Bertz CT molecular complexity index is 1000.